The van der Waals surface area contributed by atoms with Crippen LogP contribution in [-0.4, -0.2) is 41.4 Å². The second kappa shape index (κ2) is 5.91. The molecule has 0 spiro atoms. The minimum atomic E-state index is -3.51. The molecular weight excluding hydrogens is 306 g/mol. The Kier molecular flexibility index (Phi) is 4.73. The van der Waals surface area contributed by atoms with Gasteiger partial charge in [-0.15, -0.1) is 0 Å². The van der Waals surface area contributed by atoms with E-state index in [-0.39, 0.29) is 11.4 Å². The third kappa shape index (κ3) is 3.44. The number of aryl methyl sites for hydroxylation is 1. The molecule has 1 aromatic rings. The highest BCUT2D eigenvalue weighted by molar-refractivity contribution is 8.00. The van der Waals surface area contributed by atoms with E-state index in [9.17, 15) is 13.5 Å². The Morgan fingerprint density at radius 1 is 1.33 bits per heavy atom. The van der Waals surface area contributed by atoms with E-state index in [0.717, 1.165) is 16.9 Å². The molecule has 0 radical (unpaired) electrons. The molecule has 118 valence electrons. The SMILES string of the molecule is Cc1cc(CO)cc(S(=O)(=O)N2CCSC(C)(C)C2)c1C. The molecule has 1 saturated heterocycles. The molecule has 0 aliphatic carbocycles. The van der Waals surface area contributed by atoms with Gasteiger partial charge in [0.1, 0.15) is 0 Å². The van der Waals surface area contributed by atoms with Crippen molar-refractivity contribution in [3.05, 3.63) is 28.8 Å². The van der Waals surface area contributed by atoms with Crippen LogP contribution in [0.2, 0.25) is 0 Å². The number of hydrogen-bond donors (Lipinski definition) is 1. The van der Waals surface area contributed by atoms with Gasteiger partial charge >= 0.3 is 0 Å². The average Bonchev–Trinajstić information content (AvgIpc) is 2.40. The molecule has 0 saturated carbocycles. The lowest BCUT2D eigenvalue weighted by molar-refractivity contribution is 0.281. The fourth-order valence-electron chi connectivity index (χ4n) is 2.58. The predicted molar refractivity (Wildman–Crippen MR) is 87.1 cm³/mol. The molecule has 0 amide bonds. The Hall–Kier alpha value is -0.560. The third-order valence-electron chi connectivity index (χ3n) is 3.87. The highest BCUT2D eigenvalue weighted by Gasteiger charge is 2.35. The van der Waals surface area contributed by atoms with Crippen LogP contribution in [0.1, 0.15) is 30.5 Å². The van der Waals surface area contributed by atoms with Crippen LogP contribution in [-0.2, 0) is 16.6 Å². The monoisotopic (exact) mass is 329 g/mol. The number of rotatable bonds is 3. The molecule has 1 fully saturated rings. The van der Waals surface area contributed by atoms with E-state index < -0.39 is 10.0 Å². The zero-order chi connectivity index (χ0) is 15.8. The third-order valence-corrected chi connectivity index (χ3v) is 7.14. The van der Waals surface area contributed by atoms with Crippen molar-refractivity contribution >= 4 is 21.8 Å². The fourth-order valence-corrected chi connectivity index (χ4v) is 5.84. The molecule has 0 aromatic heterocycles. The number of thioether (sulfide) groups is 1. The summed E-state index contributed by atoms with van der Waals surface area (Å²) in [5, 5.41) is 9.32. The first-order chi connectivity index (χ1) is 9.67. The number of hydrogen-bond acceptors (Lipinski definition) is 4. The van der Waals surface area contributed by atoms with Gasteiger partial charge < -0.3 is 5.11 Å². The van der Waals surface area contributed by atoms with Crippen molar-refractivity contribution in [1.82, 2.24) is 4.31 Å². The maximum Gasteiger partial charge on any atom is 0.243 e. The molecule has 0 atom stereocenters. The normalized spacial score (nSPS) is 19.7. The Morgan fingerprint density at radius 3 is 2.57 bits per heavy atom. The average molecular weight is 329 g/mol. The van der Waals surface area contributed by atoms with Crippen LogP contribution in [0.3, 0.4) is 0 Å². The predicted octanol–water partition coefficient (Wildman–Crippen LogP) is 2.31. The lowest BCUT2D eigenvalue weighted by atomic mass is 10.1. The lowest BCUT2D eigenvalue weighted by Crippen LogP contribution is -2.46. The van der Waals surface area contributed by atoms with E-state index in [1.54, 1.807) is 22.1 Å². The molecule has 21 heavy (non-hydrogen) atoms. The first kappa shape index (κ1) is 16.8. The zero-order valence-corrected chi connectivity index (χ0v) is 14.6. The molecular formula is C15H23NO3S2. The Balaban J connectivity index is 2.47. The Labute approximate surface area is 131 Å². The second-order valence-electron chi connectivity index (χ2n) is 6.14. The molecule has 1 aromatic carbocycles. The summed E-state index contributed by atoms with van der Waals surface area (Å²) < 4.78 is 27.4. The summed E-state index contributed by atoms with van der Waals surface area (Å²) in [6.45, 7) is 8.75. The summed E-state index contributed by atoms with van der Waals surface area (Å²) in [5.74, 6) is 0.809. The van der Waals surface area contributed by atoms with Crippen LogP contribution in [0, 0.1) is 13.8 Å². The van der Waals surface area contributed by atoms with Crippen LogP contribution < -0.4 is 0 Å². The van der Waals surface area contributed by atoms with Crippen LogP contribution in [0.15, 0.2) is 17.0 Å². The topological polar surface area (TPSA) is 57.6 Å². The maximum atomic E-state index is 13.0. The number of nitrogens with zero attached hydrogens (tertiary/aromatic N) is 1. The smallest absolute Gasteiger partial charge is 0.243 e. The molecule has 0 unspecified atom stereocenters. The first-order valence-electron chi connectivity index (χ1n) is 7.02. The van der Waals surface area contributed by atoms with Crippen LogP contribution in [0.25, 0.3) is 0 Å². The van der Waals surface area contributed by atoms with Gasteiger partial charge in [-0.3, -0.25) is 0 Å². The van der Waals surface area contributed by atoms with E-state index in [0.29, 0.717) is 23.5 Å². The van der Waals surface area contributed by atoms with Crippen molar-refractivity contribution in [2.45, 2.75) is 43.9 Å². The van der Waals surface area contributed by atoms with Gasteiger partial charge in [-0.05, 0) is 50.5 Å². The van der Waals surface area contributed by atoms with Crippen molar-refractivity contribution in [1.29, 1.82) is 0 Å². The van der Waals surface area contributed by atoms with Gasteiger partial charge in [0.25, 0.3) is 0 Å². The van der Waals surface area contributed by atoms with Crippen molar-refractivity contribution in [2.24, 2.45) is 0 Å². The van der Waals surface area contributed by atoms with E-state index in [2.05, 4.69) is 13.8 Å². The van der Waals surface area contributed by atoms with E-state index in [1.165, 1.54) is 0 Å². The second-order valence-corrected chi connectivity index (χ2v) is 9.85. The standard InChI is InChI=1S/C15H23NO3S2/c1-11-7-13(9-17)8-14(12(11)2)21(18,19)16-5-6-20-15(3,4)10-16/h7-8,17H,5-6,9-10H2,1-4H3. The van der Waals surface area contributed by atoms with Crippen LogP contribution >= 0.6 is 11.8 Å². The van der Waals surface area contributed by atoms with Gasteiger partial charge in [-0.25, -0.2) is 8.42 Å². The van der Waals surface area contributed by atoms with Crippen molar-refractivity contribution in [3.63, 3.8) is 0 Å². The highest BCUT2D eigenvalue weighted by Crippen LogP contribution is 2.33. The summed E-state index contributed by atoms with van der Waals surface area (Å²) >= 11 is 1.80. The molecule has 1 aliphatic heterocycles. The summed E-state index contributed by atoms with van der Waals surface area (Å²) in [5.41, 5.74) is 2.30. The van der Waals surface area contributed by atoms with Gasteiger partial charge in [0.15, 0.2) is 0 Å². The van der Waals surface area contributed by atoms with Gasteiger partial charge in [-0.2, -0.15) is 16.1 Å². The summed E-state index contributed by atoms with van der Waals surface area (Å²) in [6.07, 6.45) is 0. The minimum absolute atomic E-state index is 0.0666. The fraction of sp³-hybridized carbons (Fsp3) is 0.600. The number of benzene rings is 1. The van der Waals surface area contributed by atoms with Crippen LogP contribution in [0.4, 0.5) is 0 Å². The zero-order valence-electron chi connectivity index (χ0n) is 13.0. The molecule has 2 rings (SSSR count). The molecule has 1 heterocycles. The van der Waals surface area contributed by atoms with Gasteiger partial charge in [0, 0.05) is 23.6 Å². The Bertz CT molecular complexity index is 639. The largest absolute Gasteiger partial charge is 0.392 e. The molecule has 6 heteroatoms. The first-order valence-corrected chi connectivity index (χ1v) is 9.45. The quantitative estimate of drug-likeness (QED) is 0.924. The lowest BCUT2D eigenvalue weighted by Gasteiger charge is -2.37. The van der Waals surface area contributed by atoms with Crippen molar-refractivity contribution in [2.75, 3.05) is 18.8 Å². The van der Waals surface area contributed by atoms with Crippen molar-refractivity contribution in [3.8, 4) is 0 Å². The van der Waals surface area contributed by atoms with Crippen LogP contribution in [0.5, 0.6) is 0 Å². The number of sulfonamides is 1. The molecule has 1 N–H and O–H groups in total. The molecule has 4 nitrogen and oxygen atoms in total. The summed E-state index contributed by atoms with van der Waals surface area (Å²) in [6, 6.07) is 3.44. The van der Waals surface area contributed by atoms with Gasteiger partial charge in [0.05, 0.1) is 11.5 Å². The maximum absolute atomic E-state index is 13.0. The summed E-state index contributed by atoms with van der Waals surface area (Å²) in [4.78, 5) is 0.328. The number of aliphatic hydroxyl groups is 1. The van der Waals surface area contributed by atoms with Gasteiger partial charge in [0.2, 0.25) is 10.0 Å². The van der Waals surface area contributed by atoms with Gasteiger partial charge in [-0.1, -0.05) is 6.07 Å². The van der Waals surface area contributed by atoms with E-state index in [4.69, 9.17) is 0 Å². The van der Waals surface area contributed by atoms with E-state index >= 15 is 0 Å². The molecule has 1 aliphatic rings. The minimum Gasteiger partial charge on any atom is -0.392 e. The summed E-state index contributed by atoms with van der Waals surface area (Å²) in [7, 11) is -3.51. The molecule has 0 bridgehead atoms. The van der Waals surface area contributed by atoms with E-state index in [1.807, 2.05) is 19.9 Å². The Morgan fingerprint density at radius 2 is 2.00 bits per heavy atom. The number of aliphatic hydroxyl groups excluding tert-OH is 1. The van der Waals surface area contributed by atoms with Crippen molar-refractivity contribution < 1.29 is 13.5 Å². The highest BCUT2D eigenvalue weighted by atomic mass is 32.2.